The molecular formula is C27H22F3N3O. The highest BCUT2D eigenvalue weighted by Gasteiger charge is 2.31. The number of hydrogen-bond donors (Lipinski definition) is 0. The summed E-state index contributed by atoms with van der Waals surface area (Å²) in [5.74, 6) is -0.0185. The Morgan fingerprint density at radius 3 is 2.68 bits per heavy atom. The first-order valence-corrected chi connectivity index (χ1v) is 11.2. The number of aromatic nitrogens is 2. The van der Waals surface area contributed by atoms with Crippen LogP contribution in [0.3, 0.4) is 0 Å². The number of rotatable bonds is 3. The average Bonchev–Trinajstić information content (AvgIpc) is 2.88. The van der Waals surface area contributed by atoms with Crippen LogP contribution in [0.4, 0.5) is 13.2 Å². The second kappa shape index (κ2) is 8.89. The molecule has 4 nitrogen and oxygen atoms in total. The van der Waals surface area contributed by atoms with E-state index >= 15 is 0 Å². The minimum Gasteiger partial charge on any atom is -0.338 e. The summed E-state index contributed by atoms with van der Waals surface area (Å²) < 4.78 is 39.4. The molecule has 7 heteroatoms. The van der Waals surface area contributed by atoms with Gasteiger partial charge in [0.1, 0.15) is 0 Å². The molecule has 2 aromatic heterocycles. The highest BCUT2D eigenvalue weighted by Crippen LogP contribution is 2.33. The summed E-state index contributed by atoms with van der Waals surface area (Å²) in [4.78, 5) is 24.0. The Hall–Kier alpha value is -3.74. The van der Waals surface area contributed by atoms with Crippen LogP contribution in [0, 0.1) is 0 Å². The molecule has 1 aliphatic heterocycles. The lowest BCUT2D eigenvalue weighted by molar-refractivity contribution is -0.137. The van der Waals surface area contributed by atoms with E-state index in [1.54, 1.807) is 24.4 Å². The number of halogens is 3. The summed E-state index contributed by atoms with van der Waals surface area (Å²) in [5, 5.41) is 0.914. The predicted octanol–water partition coefficient (Wildman–Crippen LogP) is 6.34. The van der Waals surface area contributed by atoms with Crippen molar-refractivity contribution in [1.82, 2.24) is 14.9 Å². The van der Waals surface area contributed by atoms with Crippen LogP contribution in [0.2, 0.25) is 0 Å². The summed E-state index contributed by atoms with van der Waals surface area (Å²) in [7, 11) is 0. The molecule has 1 saturated heterocycles. The van der Waals surface area contributed by atoms with Gasteiger partial charge in [-0.05, 0) is 61.4 Å². The number of benzene rings is 2. The number of carbonyl (C=O) groups is 1. The first-order chi connectivity index (χ1) is 16.4. The Morgan fingerprint density at radius 2 is 1.82 bits per heavy atom. The van der Waals surface area contributed by atoms with Crippen molar-refractivity contribution in [1.29, 1.82) is 0 Å². The molecule has 1 unspecified atom stereocenters. The zero-order valence-electron chi connectivity index (χ0n) is 18.3. The van der Waals surface area contributed by atoms with Crippen molar-refractivity contribution in [3.63, 3.8) is 0 Å². The van der Waals surface area contributed by atoms with Crippen molar-refractivity contribution in [3.05, 3.63) is 95.8 Å². The SMILES string of the molecule is O=C(c1ccc2ncccc2c1)N1CCCC(c2cccc(-c3cccc(C(F)(F)F)c3)n2)C1. The molecule has 1 atom stereocenters. The van der Waals surface area contributed by atoms with Crippen molar-refractivity contribution < 1.29 is 18.0 Å². The van der Waals surface area contributed by atoms with E-state index in [1.165, 1.54) is 6.07 Å². The molecule has 0 aliphatic carbocycles. The lowest BCUT2D eigenvalue weighted by Crippen LogP contribution is -2.39. The molecule has 1 fully saturated rings. The molecule has 5 rings (SSSR count). The fourth-order valence-corrected chi connectivity index (χ4v) is 4.49. The first kappa shape index (κ1) is 22.1. The number of carbonyl (C=O) groups excluding carboxylic acids is 1. The maximum absolute atomic E-state index is 13.2. The molecule has 3 heterocycles. The molecule has 34 heavy (non-hydrogen) atoms. The lowest BCUT2D eigenvalue weighted by atomic mass is 9.93. The molecule has 0 spiro atoms. The minimum absolute atomic E-state index is 0.0190. The van der Waals surface area contributed by atoms with Crippen molar-refractivity contribution in [3.8, 4) is 11.3 Å². The van der Waals surface area contributed by atoms with Gasteiger partial charge in [0.2, 0.25) is 0 Å². The number of piperidine rings is 1. The zero-order chi connectivity index (χ0) is 23.7. The number of amides is 1. The van der Waals surface area contributed by atoms with E-state index in [0.29, 0.717) is 29.9 Å². The normalized spacial score (nSPS) is 16.6. The number of pyridine rings is 2. The van der Waals surface area contributed by atoms with E-state index in [-0.39, 0.29) is 11.8 Å². The maximum Gasteiger partial charge on any atom is 0.416 e. The summed E-state index contributed by atoms with van der Waals surface area (Å²) in [6.07, 6.45) is -0.984. The predicted molar refractivity (Wildman–Crippen MR) is 124 cm³/mol. The molecule has 0 radical (unpaired) electrons. The second-order valence-electron chi connectivity index (χ2n) is 8.53. The Bertz CT molecular complexity index is 1350. The third-order valence-electron chi connectivity index (χ3n) is 6.23. The topological polar surface area (TPSA) is 46.1 Å². The zero-order valence-corrected chi connectivity index (χ0v) is 18.3. The lowest BCUT2D eigenvalue weighted by Gasteiger charge is -2.32. The van der Waals surface area contributed by atoms with Gasteiger partial charge in [-0.2, -0.15) is 13.2 Å². The van der Waals surface area contributed by atoms with Gasteiger partial charge in [0.05, 0.1) is 16.8 Å². The van der Waals surface area contributed by atoms with E-state index in [0.717, 1.165) is 41.6 Å². The van der Waals surface area contributed by atoms with Crippen LogP contribution in [-0.4, -0.2) is 33.9 Å². The molecule has 172 valence electrons. The van der Waals surface area contributed by atoms with Crippen molar-refractivity contribution >= 4 is 16.8 Å². The molecule has 1 amide bonds. The van der Waals surface area contributed by atoms with Crippen LogP contribution in [0.1, 0.15) is 40.4 Å². The van der Waals surface area contributed by atoms with Crippen LogP contribution in [-0.2, 0) is 6.18 Å². The van der Waals surface area contributed by atoms with Crippen LogP contribution >= 0.6 is 0 Å². The van der Waals surface area contributed by atoms with Gasteiger partial charge in [0.25, 0.3) is 5.91 Å². The Kier molecular flexibility index (Phi) is 5.77. The molecule has 2 aromatic carbocycles. The minimum atomic E-state index is -4.41. The van der Waals surface area contributed by atoms with Crippen LogP contribution < -0.4 is 0 Å². The van der Waals surface area contributed by atoms with Crippen molar-refractivity contribution in [2.45, 2.75) is 24.9 Å². The van der Waals surface area contributed by atoms with Crippen molar-refractivity contribution in [2.24, 2.45) is 0 Å². The van der Waals surface area contributed by atoms with Gasteiger partial charge in [0, 0.05) is 47.4 Å². The number of nitrogens with zero attached hydrogens (tertiary/aromatic N) is 3. The second-order valence-corrected chi connectivity index (χ2v) is 8.53. The van der Waals surface area contributed by atoms with Gasteiger partial charge >= 0.3 is 6.18 Å². The van der Waals surface area contributed by atoms with E-state index in [4.69, 9.17) is 0 Å². The number of hydrogen-bond acceptors (Lipinski definition) is 3. The number of fused-ring (bicyclic) bond motifs is 1. The smallest absolute Gasteiger partial charge is 0.338 e. The van der Waals surface area contributed by atoms with Gasteiger partial charge in [-0.25, -0.2) is 0 Å². The quantitative estimate of drug-likeness (QED) is 0.358. The maximum atomic E-state index is 13.2. The van der Waals surface area contributed by atoms with Gasteiger partial charge in [-0.1, -0.05) is 24.3 Å². The number of likely N-dealkylation sites (tertiary alicyclic amines) is 1. The standard InChI is InChI=1S/C27H22F3N3O/c28-27(29,30)22-8-1-5-19(16-22)24-9-2-10-25(32-24)21-7-4-14-33(17-21)26(34)20-11-12-23-18(15-20)6-3-13-31-23/h1-3,5-6,8-13,15-16,21H,4,7,14,17H2. The van der Waals surface area contributed by atoms with Gasteiger partial charge in [-0.3, -0.25) is 14.8 Å². The molecule has 0 saturated carbocycles. The van der Waals surface area contributed by atoms with E-state index in [9.17, 15) is 18.0 Å². The monoisotopic (exact) mass is 461 g/mol. The molecular weight excluding hydrogens is 439 g/mol. The fourth-order valence-electron chi connectivity index (χ4n) is 4.49. The van der Waals surface area contributed by atoms with Crippen LogP contribution in [0.5, 0.6) is 0 Å². The van der Waals surface area contributed by atoms with Gasteiger partial charge in [0.15, 0.2) is 0 Å². The summed E-state index contributed by atoms with van der Waals surface area (Å²) in [6.45, 7) is 1.18. The summed E-state index contributed by atoms with van der Waals surface area (Å²) in [6, 6.07) is 19.9. The third-order valence-corrected chi connectivity index (χ3v) is 6.23. The summed E-state index contributed by atoms with van der Waals surface area (Å²) >= 11 is 0. The summed E-state index contributed by atoms with van der Waals surface area (Å²) in [5.41, 5.74) is 2.46. The number of alkyl halides is 3. The van der Waals surface area contributed by atoms with E-state index < -0.39 is 11.7 Å². The van der Waals surface area contributed by atoms with E-state index in [1.807, 2.05) is 41.3 Å². The van der Waals surface area contributed by atoms with Gasteiger partial charge < -0.3 is 4.90 Å². The Labute approximate surface area is 195 Å². The molecule has 0 bridgehead atoms. The molecule has 0 N–H and O–H groups in total. The fraction of sp³-hybridized carbons (Fsp3) is 0.222. The van der Waals surface area contributed by atoms with Crippen LogP contribution in [0.25, 0.3) is 22.2 Å². The van der Waals surface area contributed by atoms with Crippen LogP contribution in [0.15, 0.2) is 79.0 Å². The highest BCUT2D eigenvalue weighted by atomic mass is 19.4. The van der Waals surface area contributed by atoms with Crippen molar-refractivity contribution in [2.75, 3.05) is 13.1 Å². The first-order valence-electron chi connectivity index (χ1n) is 11.2. The molecule has 4 aromatic rings. The largest absolute Gasteiger partial charge is 0.416 e. The average molecular weight is 461 g/mol. The molecule has 1 aliphatic rings. The highest BCUT2D eigenvalue weighted by molar-refractivity contribution is 5.98. The van der Waals surface area contributed by atoms with Gasteiger partial charge in [-0.15, -0.1) is 0 Å². The third kappa shape index (κ3) is 4.51. The Balaban J connectivity index is 1.37. The Morgan fingerprint density at radius 1 is 0.971 bits per heavy atom. The van der Waals surface area contributed by atoms with E-state index in [2.05, 4.69) is 9.97 Å².